The first-order valence-electron chi connectivity index (χ1n) is 20.4. The molecule has 15 aromatic rings. The Morgan fingerprint density at radius 3 is 1.77 bits per heavy atom. The van der Waals surface area contributed by atoms with Gasteiger partial charge in [-0.15, -0.1) is 0 Å². The molecule has 276 valence electrons. The topological polar surface area (TPSA) is 53.2 Å². The Kier molecular flexibility index (Phi) is 5.57. The summed E-state index contributed by atoms with van der Waals surface area (Å²) in [5, 5.41) is 15.5. The monoisotopic (exact) mass is 763 g/mol. The fourth-order valence-electron chi connectivity index (χ4n) is 10.8. The zero-order valence-electron chi connectivity index (χ0n) is 31.9. The molecule has 0 atom stereocenters. The van der Waals surface area contributed by atoms with Gasteiger partial charge in [-0.05, 0) is 58.6 Å². The van der Waals surface area contributed by atoms with Crippen molar-refractivity contribution in [1.29, 1.82) is 0 Å². The van der Waals surface area contributed by atoms with Crippen molar-refractivity contribution in [3.63, 3.8) is 0 Å². The molecule has 0 bridgehead atoms. The molecule has 6 nitrogen and oxygen atoms in total. The summed E-state index contributed by atoms with van der Waals surface area (Å²) in [5.41, 5.74) is 10.1. The third kappa shape index (κ3) is 3.66. The molecule has 15 rings (SSSR count). The quantitative estimate of drug-likeness (QED) is 0.176. The van der Waals surface area contributed by atoms with Crippen LogP contribution in [0.25, 0.3) is 137 Å². The van der Waals surface area contributed by atoms with Crippen LogP contribution < -0.4 is 0 Å². The van der Waals surface area contributed by atoms with Crippen LogP contribution in [-0.4, -0.2) is 23.5 Å². The van der Waals surface area contributed by atoms with Crippen molar-refractivity contribution in [2.24, 2.45) is 0 Å². The molecule has 6 heterocycles. The van der Waals surface area contributed by atoms with Crippen LogP contribution in [0.5, 0.6) is 0 Å². The van der Waals surface area contributed by atoms with Gasteiger partial charge in [0.05, 0.1) is 38.6 Å². The van der Waals surface area contributed by atoms with E-state index in [1.807, 2.05) is 12.1 Å². The Morgan fingerprint density at radius 1 is 0.367 bits per heavy atom. The second-order valence-corrected chi connectivity index (χ2v) is 16.1. The lowest BCUT2D eigenvalue weighted by Crippen LogP contribution is -2.06. The zero-order chi connectivity index (χ0) is 38.8. The van der Waals surface area contributed by atoms with Crippen molar-refractivity contribution < 1.29 is 4.42 Å². The lowest BCUT2D eigenvalue weighted by atomic mass is 10.0. The van der Waals surface area contributed by atoms with Crippen molar-refractivity contribution in [2.75, 3.05) is 0 Å². The van der Waals surface area contributed by atoms with Crippen LogP contribution in [0.15, 0.2) is 180 Å². The summed E-state index contributed by atoms with van der Waals surface area (Å²) in [4.78, 5) is 11.2. The van der Waals surface area contributed by atoms with Crippen LogP contribution in [0, 0.1) is 0 Å². The first-order valence-corrected chi connectivity index (χ1v) is 20.4. The van der Waals surface area contributed by atoms with Crippen LogP contribution in [0.3, 0.4) is 0 Å². The van der Waals surface area contributed by atoms with E-state index in [9.17, 15) is 0 Å². The van der Waals surface area contributed by atoms with Crippen molar-refractivity contribution in [3.05, 3.63) is 176 Å². The fourth-order valence-corrected chi connectivity index (χ4v) is 10.8. The first-order chi connectivity index (χ1) is 29.8. The molecule has 0 unspecified atom stereocenters. The van der Waals surface area contributed by atoms with Crippen molar-refractivity contribution >= 4 is 125 Å². The number of aromatic nitrogens is 5. The minimum atomic E-state index is 0.592. The van der Waals surface area contributed by atoms with Gasteiger partial charge in [0.1, 0.15) is 11.1 Å². The Labute approximate surface area is 339 Å². The molecule has 0 aliphatic rings. The Hall–Kier alpha value is -8.22. The van der Waals surface area contributed by atoms with Gasteiger partial charge in [0.2, 0.25) is 5.95 Å². The normalized spacial score (nSPS) is 12.7. The summed E-state index contributed by atoms with van der Waals surface area (Å²) in [6, 6.07) is 63.2. The van der Waals surface area contributed by atoms with Crippen molar-refractivity contribution in [1.82, 2.24) is 23.5 Å². The van der Waals surface area contributed by atoms with Gasteiger partial charge in [-0.2, -0.15) is 4.98 Å². The number of furan rings is 1. The molecular formula is C54H29N5O. The lowest BCUT2D eigenvalue weighted by molar-refractivity contribution is 0.661. The molecule has 0 saturated heterocycles. The predicted octanol–water partition coefficient (Wildman–Crippen LogP) is 14.0. The molecule has 60 heavy (non-hydrogen) atoms. The molecule has 6 heteroatoms. The minimum Gasteiger partial charge on any atom is -0.450 e. The highest BCUT2D eigenvalue weighted by Gasteiger charge is 2.28. The Balaban J connectivity index is 1.15. The highest BCUT2D eigenvalue weighted by atomic mass is 16.3. The molecular weight excluding hydrogens is 735 g/mol. The standard InChI is InChI=1S/C54H29N5O/c1-3-15-32-30(13-1)26-28-43-46(32)35-17-5-9-21-40(35)57(43)53-52-49(38-20-8-12-24-45(38)60-52)55-54(56-53)58-41-22-10-6-18-36(41)47-44(58)29-39-34-27-25-31-14-2-4-16-33(31)50(34)59-42-23-11-7-19-37(42)48(47)51(39)59/h1-29H. The Bertz CT molecular complexity index is 4370. The number of nitrogens with zero attached hydrogens (tertiary/aromatic N) is 5. The lowest BCUT2D eigenvalue weighted by Gasteiger charge is -2.12. The van der Waals surface area contributed by atoms with E-state index >= 15 is 0 Å². The molecule has 0 fully saturated rings. The third-order valence-electron chi connectivity index (χ3n) is 13.2. The highest BCUT2D eigenvalue weighted by Crippen LogP contribution is 2.48. The maximum atomic E-state index is 6.80. The summed E-state index contributed by atoms with van der Waals surface area (Å²) >= 11 is 0. The van der Waals surface area contributed by atoms with Crippen LogP contribution >= 0.6 is 0 Å². The van der Waals surface area contributed by atoms with Gasteiger partial charge in [0.15, 0.2) is 11.4 Å². The summed E-state index contributed by atoms with van der Waals surface area (Å²) in [7, 11) is 0. The van der Waals surface area contributed by atoms with Gasteiger partial charge in [-0.25, -0.2) is 4.98 Å². The summed E-state index contributed by atoms with van der Waals surface area (Å²) in [6.45, 7) is 0. The van der Waals surface area contributed by atoms with E-state index in [1.165, 1.54) is 75.8 Å². The largest absolute Gasteiger partial charge is 0.450 e. The molecule has 0 aliphatic carbocycles. The highest BCUT2D eigenvalue weighted by molar-refractivity contribution is 6.37. The van der Waals surface area contributed by atoms with E-state index in [0.717, 1.165) is 43.9 Å². The number of benzene rings is 9. The van der Waals surface area contributed by atoms with Gasteiger partial charge in [0, 0.05) is 53.9 Å². The number of para-hydroxylation sites is 4. The summed E-state index contributed by atoms with van der Waals surface area (Å²) in [6.07, 6.45) is 0. The second-order valence-electron chi connectivity index (χ2n) is 16.1. The molecule has 6 aromatic heterocycles. The van der Waals surface area contributed by atoms with Crippen LogP contribution in [0.1, 0.15) is 0 Å². The number of rotatable bonds is 2. The van der Waals surface area contributed by atoms with E-state index in [1.54, 1.807) is 0 Å². The molecule has 0 radical (unpaired) electrons. The van der Waals surface area contributed by atoms with Crippen molar-refractivity contribution in [2.45, 2.75) is 0 Å². The molecule has 0 N–H and O–H groups in total. The maximum Gasteiger partial charge on any atom is 0.237 e. The van der Waals surface area contributed by atoms with Crippen LogP contribution in [0.4, 0.5) is 0 Å². The Morgan fingerprint density at radius 2 is 0.967 bits per heavy atom. The minimum absolute atomic E-state index is 0.592. The average molecular weight is 764 g/mol. The van der Waals surface area contributed by atoms with Gasteiger partial charge < -0.3 is 8.82 Å². The van der Waals surface area contributed by atoms with Crippen molar-refractivity contribution in [3.8, 4) is 11.8 Å². The molecule has 0 spiro atoms. The van der Waals surface area contributed by atoms with E-state index in [-0.39, 0.29) is 0 Å². The zero-order valence-corrected chi connectivity index (χ0v) is 31.9. The molecule has 9 aromatic carbocycles. The van der Waals surface area contributed by atoms with Gasteiger partial charge in [0.25, 0.3) is 0 Å². The van der Waals surface area contributed by atoms with Crippen LogP contribution in [0.2, 0.25) is 0 Å². The maximum absolute atomic E-state index is 6.80. The number of fused-ring (bicyclic) bond motifs is 20. The average Bonchev–Trinajstić information content (AvgIpc) is 4.10. The van der Waals surface area contributed by atoms with E-state index in [4.69, 9.17) is 14.4 Å². The van der Waals surface area contributed by atoms with E-state index < -0.39 is 0 Å². The number of hydrogen-bond acceptors (Lipinski definition) is 3. The second kappa shape index (κ2) is 10.8. The third-order valence-corrected chi connectivity index (χ3v) is 13.2. The smallest absolute Gasteiger partial charge is 0.237 e. The fraction of sp³-hybridized carbons (Fsp3) is 0. The van der Waals surface area contributed by atoms with E-state index in [2.05, 4.69) is 177 Å². The van der Waals surface area contributed by atoms with E-state index in [0.29, 0.717) is 17.3 Å². The van der Waals surface area contributed by atoms with Crippen LogP contribution in [-0.2, 0) is 0 Å². The molecule has 0 aliphatic heterocycles. The predicted molar refractivity (Wildman–Crippen MR) is 248 cm³/mol. The molecule has 0 amide bonds. The molecule has 0 saturated carbocycles. The SMILES string of the molecule is c1ccc2c(c1)ccc1c2c2ccccc2n1-c1nc(-n2c3ccccc3c3c4c5ccccc5n5c6c7ccccc7ccc6c(cc32)c45)nc2c1oc1ccccc12. The number of hydrogen-bond donors (Lipinski definition) is 0. The summed E-state index contributed by atoms with van der Waals surface area (Å²) in [5.74, 6) is 1.30. The first kappa shape index (κ1) is 30.9. The van der Waals surface area contributed by atoms with Gasteiger partial charge >= 0.3 is 0 Å². The summed E-state index contributed by atoms with van der Waals surface area (Å²) < 4.78 is 13.9. The van der Waals surface area contributed by atoms with Gasteiger partial charge in [-0.3, -0.25) is 9.13 Å². The van der Waals surface area contributed by atoms with Gasteiger partial charge in [-0.1, -0.05) is 133 Å².